The highest BCUT2D eigenvalue weighted by Crippen LogP contribution is 2.23. The topological polar surface area (TPSA) is 70.3 Å². The van der Waals surface area contributed by atoms with Gasteiger partial charge in [-0.15, -0.1) is 0 Å². The van der Waals surface area contributed by atoms with Gasteiger partial charge in [-0.1, -0.05) is 12.1 Å². The first kappa shape index (κ1) is 12.3. The zero-order valence-electron chi connectivity index (χ0n) is 10.3. The fraction of sp³-hybridized carbons (Fsp3) is 0.231. The molecular weight excluding hydrogens is 230 g/mol. The minimum atomic E-state index is -0.336. The highest BCUT2D eigenvalue weighted by atomic mass is 16.5. The van der Waals surface area contributed by atoms with Crippen molar-refractivity contribution in [2.75, 3.05) is 14.2 Å². The van der Waals surface area contributed by atoms with Crippen LogP contribution in [-0.2, 0) is 0 Å². The molecule has 0 aliphatic carbocycles. The molecule has 1 aromatic heterocycles. The number of ether oxygens (including phenoxy) is 2. The molecule has 5 nitrogen and oxygen atoms in total. The molecule has 5 heteroatoms. The zero-order valence-corrected chi connectivity index (χ0v) is 10.3. The lowest BCUT2D eigenvalue weighted by atomic mass is 10.0. The summed E-state index contributed by atoms with van der Waals surface area (Å²) in [5.41, 5.74) is 7.79. The molecule has 0 amide bonds. The Morgan fingerprint density at radius 1 is 1.11 bits per heavy atom. The van der Waals surface area contributed by atoms with Gasteiger partial charge in [-0.05, 0) is 17.7 Å². The second-order valence-electron chi connectivity index (χ2n) is 3.74. The van der Waals surface area contributed by atoms with Gasteiger partial charge in [-0.25, -0.2) is 9.97 Å². The molecule has 0 spiro atoms. The van der Waals surface area contributed by atoms with Crippen molar-refractivity contribution in [3.63, 3.8) is 0 Å². The number of rotatable bonds is 4. The lowest BCUT2D eigenvalue weighted by molar-refractivity contribution is 0.395. The van der Waals surface area contributed by atoms with Gasteiger partial charge < -0.3 is 15.2 Å². The lowest BCUT2D eigenvalue weighted by Gasteiger charge is -2.13. The van der Waals surface area contributed by atoms with E-state index < -0.39 is 0 Å². The second kappa shape index (κ2) is 5.46. The standard InChI is InChI=1S/C13H15N3O2/c1-17-10-5-3-4-9(6-10)13(14)11-7-12(18-2)16-8-15-11/h3-8,13H,14H2,1-2H3. The molecule has 0 radical (unpaired) electrons. The molecule has 0 bridgehead atoms. The summed E-state index contributed by atoms with van der Waals surface area (Å²) < 4.78 is 10.2. The third kappa shape index (κ3) is 2.57. The van der Waals surface area contributed by atoms with E-state index in [4.69, 9.17) is 15.2 Å². The number of hydrogen-bond donors (Lipinski definition) is 1. The molecule has 2 rings (SSSR count). The van der Waals surface area contributed by atoms with Crippen molar-refractivity contribution in [1.29, 1.82) is 0 Å². The van der Waals surface area contributed by atoms with Gasteiger partial charge in [-0.2, -0.15) is 0 Å². The predicted octanol–water partition coefficient (Wildman–Crippen LogP) is 1.54. The minimum Gasteiger partial charge on any atom is -0.497 e. The molecule has 94 valence electrons. The molecule has 1 unspecified atom stereocenters. The summed E-state index contributed by atoms with van der Waals surface area (Å²) in [4.78, 5) is 8.12. The molecule has 0 aliphatic rings. The number of nitrogens with zero attached hydrogens (tertiary/aromatic N) is 2. The average Bonchev–Trinajstić information content (AvgIpc) is 2.46. The fourth-order valence-electron chi connectivity index (χ4n) is 1.64. The van der Waals surface area contributed by atoms with Crippen LogP contribution in [0.1, 0.15) is 17.3 Å². The molecule has 1 heterocycles. The average molecular weight is 245 g/mol. The molecule has 1 atom stereocenters. The number of benzene rings is 1. The van der Waals surface area contributed by atoms with Crippen molar-refractivity contribution in [2.45, 2.75) is 6.04 Å². The molecule has 0 aliphatic heterocycles. The van der Waals surface area contributed by atoms with Crippen molar-refractivity contribution < 1.29 is 9.47 Å². The van der Waals surface area contributed by atoms with E-state index in [0.717, 1.165) is 11.3 Å². The van der Waals surface area contributed by atoms with E-state index >= 15 is 0 Å². The fourth-order valence-corrected chi connectivity index (χ4v) is 1.64. The molecule has 0 saturated carbocycles. The van der Waals surface area contributed by atoms with E-state index in [2.05, 4.69) is 9.97 Å². The van der Waals surface area contributed by atoms with E-state index in [1.807, 2.05) is 24.3 Å². The smallest absolute Gasteiger partial charge is 0.216 e. The van der Waals surface area contributed by atoms with Crippen LogP contribution < -0.4 is 15.2 Å². The monoisotopic (exact) mass is 245 g/mol. The van der Waals surface area contributed by atoms with Crippen molar-refractivity contribution >= 4 is 0 Å². The van der Waals surface area contributed by atoms with Crippen LogP contribution in [0.15, 0.2) is 36.7 Å². The van der Waals surface area contributed by atoms with Gasteiger partial charge in [0.2, 0.25) is 5.88 Å². The summed E-state index contributed by atoms with van der Waals surface area (Å²) in [6.45, 7) is 0. The van der Waals surface area contributed by atoms with Crippen molar-refractivity contribution in [1.82, 2.24) is 9.97 Å². The highest BCUT2D eigenvalue weighted by molar-refractivity contribution is 5.34. The Bertz CT molecular complexity index is 484. The third-order valence-corrected chi connectivity index (χ3v) is 2.64. The molecule has 1 aromatic carbocycles. The summed E-state index contributed by atoms with van der Waals surface area (Å²) in [6.07, 6.45) is 1.44. The summed E-state index contributed by atoms with van der Waals surface area (Å²) in [6, 6.07) is 8.98. The van der Waals surface area contributed by atoms with Crippen molar-refractivity contribution in [3.05, 3.63) is 47.9 Å². The van der Waals surface area contributed by atoms with Gasteiger partial charge in [0, 0.05) is 6.07 Å². The predicted molar refractivity (Wildman–Crippen MR) is 67.6 cm³/mol. The van der Waals surface area contributed by atoms with Crippen LogP contribution >= 0.6 is 0 Å². The summed E-state index contributed by atoms with van der Waals surface area (Å²) >= 11 is 0. The van der Waals surface area contributed by atoms with Crippen LogP contribution in [-0.4, -0.2) is 24.2 Å². The maximum Gasteiger partial charge on any atom is 0.216 e. The second-order valence-corrected chi connectivity index (χ2v) is 3.74. The quantitative estimate of drug-likeness (QED) is 0.884. The normalized spacial score (nSPS) is 11.9. The minimum absolute atomic E-state index is 0.336. The number of hydrogen-bond acceptors (Lipinski definition) is 5. The lowest BCUT2D eigenvalue weighted by Crippen LogP contribution is -2.14. The Kier molecular flexibility index (Phi) is 3.74. The van der Waals surface area contributed by atoms with Gasteiger partial charge in [0.15, 0.2) is 0 Å². The Morgan fingerprint density at radius 3 is 2.67 bits per heavy atom. The first-order valence-electron chi connectivity index (χ1n) is 5.50. The number of methoxy groups -OCH3 is 2. The summed E-state index contributed by atoms with van der Waals surface area (Å²) in [7, 11) is 3.18. The van der Waals surface area contributed by atoms with Crippen LogP contribution in [0, 0.1) is 0 Å². The van der Waals surface area contributed by atoms with Crippen molar-refractivity contribution in [3.8, 4) is 11.6 Å². The number of aromatic nitrogens is 2. The van der Waals surface area contributed by atoms with Crippen LogP contribution in [0.4, 0.5) is 0 Å². The van der Waals surface area contributed by atoms with Crippen LogP contribution in [0.5, 0.6) is 11.6 Å². The van der Waals surface area contributed by atoms with E-state index in [9.17, 15) is 0 Å². The van der Waals surface area contributed by atoms with Gasteiger partial charge in [-0.3, -0.25) is 0 Å². The SMILES string of the molecule is COc1cccc(C(N)c2cc(OC)ncn2)c1. The van der Waals surface area contributed by atoms with E-state index in [1.54, 1.807) is 20.3 Å². The van der Waals surface area contributed by atoms with Crippen LogP contribution in [0.25, 0.3) is 0 Å². The first-order valence-corrected chi connectivity index (χ1v) is 5.50. The zero-order chi connectivity index (χ0) is 13.0. The first-order chi connectivity index (χ1) is 8.74. The van der Waals surface area contributed by atoms with Crippen molar-refractivity contribution in [2.24, 2.45) is 5.73 Å². The Balaban J connectivity index is 2.31. The van der Waals surface area contributed by atoms with Gasteiger partial charge in [0.1, 0.15) is 12.1 Å². The van der Waals surface area contributed by atoms with Gasteiger partial charge in [0.25, 0.3) is 0 Å². The third-order valence-electron chi connectivity index (χ3n) is 2.64. The maximum absolute atomic E-state index is 6.16. The molecule has 18 heavy (non-hydrogen) atoms. The molecule has 0 saturated heterocycles. The summed E-state index contributed by atoms with van der Waals surface area (Å²) in [5.74, 6) is 1.27. The van der Waals surface area contributed by atoms with Gasteiger partial charge in [0.05, 0.1) is 26.0 Å². The molecule has 2 aromatic rings. The Morgan fingerprint density at radius 2 is 1.94 bits per heavy atom. The number of nitrogens with two attached hydrogens (primary N) is 1. The maximum atomic E-state index is 6.16. The largest absolute Gasteiger partial charge is 0.497 e. The molecule has 0 fully saturated rings. The Hall–Kier alpha value is -2.14. The highest BCUT2D eigenvalue weighted by Gasteiger charge is 2.12. The summed E-state index contributed by atoms with van der Waals surface area (Å²) in [5, 5.41) is 0. The van der Waals surface area contributed by atoms with Crippen LogP contribution in [0.3, 0.4) is 0 Å². The Labute approximate surface area is 106 Å². The molecular formula is C13H15N3O2. The van der Waals surface area contributed by atoms with E-state index in [1.165, 1.54) is 6.33 Å². The van der Waals surface area contributed by atoms with Crippen LogP contribution in [0.2, 0.25) is 0 Å². The van der Waals surface area contributed by atoms with E-state index in [0.29, 0.717) is 11.6 Å². The van der Waals surface area contributed by atoms with Gasteiger partial charge >= 0.3 is 0 Å². The molecule has 2 N–H and O–H groups in total. The van der Waals surface area contributed by atoms with E-state index in [-0.39, 0.29) is 6.04 Å².